The number of aryl methyl sites for hydroxylation is 1. The molecule has 210 valence electrons. The lowest BCUT2D eigenvalue weighted by Gasteiger charge is -2.16. The standard InChI is InChI=1S/C30H23F2N7O3/c1-2-18-11-12-21(27(32)35-18)26-22(16-33-39(26)19-13-14-42-34-15-19)29(40)38-28-30(41)37-25-20(9-6-10-23(25)31)24(36-28)17-7-4-3-5-8-17/h3-16,28,34H,2H2,1H3,(H,37,41)(H,38,40)/t28-/m1/s1. The second-order valence-corrected chi connectivity index (χ2v) is 9.29. The van der Waals surface area contributed by atoms with Crippen molar-refractivity contribution in [3.05, 3.63) is 120 Å². The maximum absolute atomic E-state index is 15.3. The lowest BCUT2D eigenvalue weighted by atomic mass is 10.0. The number of nitrogens with zero attached hydrogens (tertiary/aromatic N) is 4. The van der Waals surface area contributed by atoms with Gasteiger partial charge in [0.25, 0.3) is 11.8 Å². The van der Waals surface area contributed by atoms with E-state index in [1.165, 1.54) is 41.5 Å². The highest BCUT2D eigenvalue weighted by Gasteiger charge is 2.31. The van der Waals surface area contributed by atoms with Crippen LogP contribution in [0.2, 0.25) is 0 Å². The van der Waals surface area contributed by atoms with Crippen LogP contribution in [-0.4, -0.2) is 38.5 Å². The third kappa shape index (κ3) is 4.89. The smallest absolute Gasteiger partial charge is 0.269 e. The van der Waals surface area contributed by atoms with E-state index < -0.39 is 29.7 Å². The average Bonchev–Trinajstić information content (AvgIpc) is 3.40. The van der Waals surface area contributed by atoms with E-state index in [4.69, 9.17) is 4.84 Å². The molecular weight excluding hydrogens is 544 g/mol. The van der Waals surface area contributed by atoms with Crippen LogP contribution in [-0.2, 0) is 16.1 Å². The fraction of sp³-hybridized carbons (Fsp3) is 0.100. The SMILES string of the molecule is CCc1ccc(-c2c(C(=O)N[C@H]3N=C(c4ccccc4)c4cccc(F)c4NC3=O)cnn2C2=CNOC=C2)c(F)n1. The molecule has 0 bridgehead atoms. The number of aromatic nitrogens is 3. The van der Waals surface area contributed by atoms with Crippen molar-refractivity contribution >= 4 is 28.9 Å². The van der Waals surface area contributed by atoms with Gasteiger partial charge in [0.2, 0.25) is 12.1 Å². The van der Waals surface area contributed by atoms with Crippen LogP contribution in [0, 0.1) is 11.8 Å². The van der Waals surface area contributed by atoms with E-state index >= 15 is 4.39 Å². The molecule has 0 spiro atoms. The molecule has 6 rings (SSSR count). The number of fused-ring (bicyclic) bond motifs is 1. The monoisotopic (exact) mass is 567 g/mol. The second kappa shape index (κ2) is 11.1. The summed E-state index contributed by atoms with van der Waals surface area (Å²) < 4.78 is 31.5. The van der Waals surface area contributed by atoms with Gasteiger partial charge in [-0.1, -0.05) is 49.4 Å². The number of hydrogen-bond donors (Lipinski definition) is 3. The van der Waals surface area contributed by atoms with Gasteiger partial charge in [0, 0.05) is 22.9 Å². The Kier molecular flexibility index (Phi) is 7.01. The summed E-state index contributed by atoms with van der Waals surface area (Å²) in [6.45, 7) is 1.85. The van der Waals surface area contributed by atoms with Gasteiger partial charge >= 0.3 is 0 Å². The van der Waals surface area contributed by atoms with E-state index in [2.05, 4.69) is 31.2 Å². The quantitative estimate of drug-likeness (QED) is 0.301. The molecule has 1 atom stereocenters. The van der Waals surface area contributed by atoms with Crippen LogP contribution in [0.4, 0.5) is 14.5 Å². The van der Waals surface area contributed by atoms with Crippen LogP contribution >= 0.6 is 0 Å². The second-order valence-electron chi connectivity index (χ2n) is 9.29. The minimum absolute atomic E-state index is 0.0175. The van der Waals surface area contributed by atoms with E-state index in [1.807, 2.05) is 13.0 Å². The predicted octanol–water partition coefficient (Wildman–Crippen LogP) is 4.18. The van der Waals surface area contributed by atoms with E-state index in [1.54, 1.807) is 42.5 Å². The number of benzene rings is 2. The molecule has 0 radical (unpaired) electrons. The number of anilines is 1. The third-order valence-electron chi connectivity index (χ3n) is 6.70. The summed E-state index contributed by atoms with van der Waals surface area (Å²) in [4.78, 5) is 40.6. The largest absolute Gasteiger partial charge is 0.390 e. The van der Waals surface area contributed by atoms with Gasteiger partial charge in [0.05, 0.1) is 46.3 Å². The first-order valence-corrected chi connectivity index (χ1v) is 13.0. The molecule has 2 amide bonds. The number of halogens is 2. The third-order valence-corrected chi connectivity index (χ3v) is 6.70. The van der Waals surface area contributed by atoms with E-state index in [0.29, 0.717) is 34.7 Å². The number of rotatable bonds is 6. The number of nitrogens with one attached hydrogen (secondary N) is 3. The van der Waals surface area contributed by atoms with Crippen molar-refractivity contribution in [3.63, 3.8) is 0 Å². The van der Waals surface area contributed by atoms with Crippen LogP contribution in [0.25, 0.3) is 17.0 Å². The van der Waals surface area contributed by atoms with Crippen molar-refractivity contribution in [1.29, 1.82) is 0 Å². The molecule has 0 unspecified atom stereocenters. The Morgan fingerprint density at radius 2 is 1.90 bits per heavy atom. The molecule has 12 heteroatoms. The van der Waals surface area contributed by atoms with Crippen molar-refractivity contribution < 1.29 is 23.2 Å². The summed E-state index contributed by atoms with van der Waals surface area (Å²) in [6.07, 6.45) is 4.73. The van der Waals surface area contributed by atoms with Crippen LogP contribution < -0.4 is 16.1 Å². The molecule has 2 aliphatic heterocycles. The highest BCUT2D eigenvalue weighted by atomic mass is 19.1. The van der Waals surface area contributed by atoms with Gasteiger partial charge in [0.15, 0.2) is 0 Å². The van der Waals surface area contributed by atoms with Crippen LogP contribution in [0.5, 0.6) is 0 Å². The number of benzodiazepines with no additional fused rings is 1. The van der Waals surface area contributed by atoms with Gasteiger partial charge in [-0.25, -0.2) is 24.5 Å². The Labute approximate surface area is 238 Å². The van der Waals surface area contributed by atoms with E-state index in [9.17, 15) is 14.0 Å². The Morgan fingerprint density at radius 3 is 2.64 bits per heavy atom. The molecule has 10 nitrogen and oxygen atoms in total. The van der Waals surface area contributed by atoms with Gasteiger partial charge in [-0.05, 0) is 24.6 Å². The normalized spacial score (nSPS) is 15.8. The number of para-hydroxylation sites is 1. The summed E-state index contributed by atoms with van der Waals surface area (Å²) in [7, 11) is 0. The Bertz CT molecular complexity index is 1800. The van der Waals surface area contributed by atoms with Crippen molar-refractivity contribution in [3.8, 4) is 11.3 Å². The highest BCUT2D eigenvalue weighted by molar-refractivity contribution is 6.20. The van der Waals surface area contributed by atoms with Crippen LogP contribution in [0.3, 0.4) is 0 Å². The number of pyridine rings is 1. The molecule has 2 aliphatic rings. The Balaban J connectivity index is 1.43. The zero-order valence-corrected chi connectivity index (χ0v) is 22.1. The lowest BCUT2D eigenvalue weighted by molar-refractivity contribution is -0.117. The molecule has 0 fully saturated rings. The number of aliphatic imine (C=N–C) groups is 1. The van der Waals surface area contributed by atoms with Gasteiger partial charge in [-0.15, -0.1) is 0 Å². The van der Waals surface area contributed by atoms with E-state index in [0.717, 1.165) is 0 Å². The molecule has 2 aromatic heterocycles. The van der Waals surface area contributed by atoms with Crippen LogP contribution in [0.15, 0.2) is 90.4 Å². The summed E-state index contributed by atoms with van der Waals surface area (Å²) in [6, 6.07) is 16.5. The molecule has 2 aromatic carbocycles. The number of carbonyl (C=O) groups is 2. The zero-order chi connectivity index (χ0) is 29.2. The summed E-state index contributed by atoms with van der Waals surface area (Å²) in [5, 5.41) is 9.48. The number of carbonyl (C=O) groups excluding carboxylic acids is 2. The Morgan fingerprint density at radius 1 is 1.07 bits per heavy atom. The van der Waals surface area contributed by atoms with Crippen molar-refractivity contribution in [2.75, 3.05) is 5.32 Å². The van der Waals surface area contributed by atoms with Crippen molar-refractivity contribution in [1.82, 2.24) is 25.6 Å². The summed E-state index contributed by atoms with van der Waals surface area (Å²) in [5.41, 5.74) is 4.84. The fourth-order valence-corrected chi connectivity index (χ4v) is 4.66. The molecule has 4 heterocycles. The molecule has 0 saturated carbocycles. The molecule has 4 aromatic rings. The number of allylic oxidation sites excluding steroid dienone is 2. The maximum Gasteiger partial charge on any atom is 0.269 e. The zero-order valence-electron chi connectivity index (χ0n) is 22.1. The number of hydrogen-bond acceptors (Lipinski definition) is 7. The maximum atomic E-state index is 15.3. The first-order chi connectivity index (χ1) is 20.4. The highest BCUT2D eigenvalue weighted by Crippen LogP contribution is 2.30. The van der Waals surface area contributed by atoms with Crippen molar-refractivity contribution in [2.45, 2.75) is 19.5 Å². The van der Waals surface area contributed by atoms with Gasteiger partial charge in [-0.3, -0.25) is 9.59 Å². The molecule has 0 aliphatic carbocycles. The van der Waals surface area contributed by atoms with Crippen LogP contribution in [0.1, 0.15) is 34.1 Å². The number of hydroxylamine groups is 1. The fourth-order valence-electron chi connectivity index (χ4n) is 4.66. The Hall–Kier alpha value is -5.65. The first kappa shape index (κ1) is 26.6. The topological polar surface area (TPSA) is 123 Å². The molecule has 0 saturated heterocycles. The van der Waals surface area contributed by atoms with Gasteiger partial charge < -0.3 is 15.5 Å². The van der Waals surface area contributed by atoms with E-state index in [-0.39, 0.29) is 22.5 Å². The molecular formula is C30H23F2N7O3. The first-order valence-electron chi connectivity index (χ1n) is 13.0. The lowest BCUT2D eigenvalue weighted by Crippen LogP contribution is -2.42. The predicted molar refractivity (Wildman–Crippen MR) is 151 cm³/mol. The number of amides is 2. The molecule has 3 N–H and O–H groups in total. The summed E-state index contributed by atoms with van der Waals surface area (Å²) in [5.74, 6) is -2.96. The minimum atomic E-state index is -1.45. The molecule has 42 heavy (non-hydrogen) atoms. The summed E-state index contributed by atoms with van der Waals surface area (Å²) >= 11 is 0. The average molecular weight is 568 g/mol. The minimum Gasteiger partial charge on any atom is -0.390 e. The van der Waals surface area contributed by atoms with Crippen molar-refractivity contribution in [2.24, 2.45) is 4.99 Å². The van der Waals surface area contributed by atoms with Gasteiger partial charge in [0.1, 0.15) is 12.1 Å². The van der Waals surface area contributed by atoms with Gasteiger partial charge in [-0.2, -0.15) is 9.49 Å².